The molecule has 0 spiro atoms. The summed E-state index contributed by atoms with van der Waals surface area (Å²) in [4.78, 5) is 0. The standard InChI is InChI=1S/C6H8ClNS2/c1-9-6(8)4-2-5(7)10-3-4/h2,4,8H,3H2,1H3. The maximum Gasteiger partial charge on any atom is 0.0716 e. The molecule has 10 heavy (non-hydrogen) atoms. The summed E-state index contributed by atoms with van der Waals surface area (Å²) in [6.07, 6.45) is 3.87. The molecule has 0 saturated carbocycles. The van der Waals surface area contributed by atoms with Crippen molar-refractivity contribution in [2.45, 2.75) is 0 Å². The monoisotopic (exact) mass is 193 g/mol. The van der Waals surface area contributed by atoms with Crippen molar-refractivity contribution in [3.8, 4) is 0 Å². The van der Waals surface area contributed by atoms with Crippen molar-refractivity contribution < 1.29 is 0 Å². The van der Waals surface area contributed by atoms with Gasteiger partial charge in [-0.3, -0.25) is 5.41 Å². The third-order valence-electron chi connectivity index (χ3n) is 1.29. The van der Waals surface area contributed by atoms with Gasteiger partial charge in [0.2, 0.25) is 0 Å². The van der Waals surface area contributed by atoms with Crippen LogP contribution in [-0.2, 0) is 0 Å². The van der Waals surface area contributed by atoms with Gasteiger partial charge < -0.3 is 0 Å². The average molecular weight is 194 g/mol. The Bertz CT molecular complexity index is 179. The fraction of sp³-hybridized carbons (Fsp3) is 0.500. The lowest BCUT2D eigenvalue weighted by Crippen LogP contribution is -2.05. The minimum atomic E-state index is 0.271. The molecule has 1 heterocycles. The molecule has 1 aliphatic rings. The fourth-order valence-electron chi connectivity index (χ4n) is 0.727. The molecule has 0 aromatic heterocycles. The molecule has 1 unspecified atom stereocenters. The summed E-state index contributed by atoms with van der Waals surface area (Å²) in [6.45, 7) is 0. The third-order valence-corrected chi connectivity index (χ3v) is 3.42. The molecule has 0 saturated heterocycles. The summed E-state index contributed by atoms with van der Waals surface area (Å²) < 4.78 is 0.837. The number of hydrogen-bond acceptors (Lipinski definition) is 3. The van der Waals surface area contributed by atoms with Crippen LogP contribution in [0.1, 0.15) is 0 Å². The largest absolute Gasteiger partial charge is 0.298 e. The molecule has 4 heteroatoms. The number of hydrogen-bond donors (Lipinski definition) is 1. The minimum Gasteiger partial charge on any atom is -0.298 e. The van der Waals surface area contributed by atoms with Gasteiger partial charge in [-0.1, -0.05) is 11.6 Å². The van der Waals surface area contributed by atoms with Gasteiger partial charge in [0.1, 0.15) is 0 Å². The SMILES string of the molecule is CSC(=N)C1C=C(Cl)SC1. The van der Waals surface area contributed by atoms with Gasteiger partial charge in [0, 0.05) is 11.7 Å². The van der Waals surface area contributed by atoms with Crippen LogP contribution in [0.4, 0.5) is 0 Å². The Hall–Kier alpha value is 0.400. The molecule has 0 fully saturated rings. The number of halogens is 1. The van der Waals surface area contributed by atoms with E-state index in [-0.39, 0.29) is 5.92 Å². The van der Waals surface area contributed by atoms with Gasteiger partial charge in [0.15, 0.2) is 0 Å². The van der Waals surface area contributed by atoms with Crippen LogP contribution < -0.4 is 0 Å². The molecule has 56 valence electrons. The van der Waals surface area contributed by atoms with E-state index in [2.05, 4.69) is 0 Å². The Morgan fingerprint density at radius 1 is 2.00 bits per heavy atom. The van der Waals surface area contributed by atoms with Gasteiger partial charge in [-0.2, -0.15) is 0 Å². The van der Waals surface area contributed by atoms with E-state index in [1.807, 2.05) is 12.3 Å². The van der Waals surface area contributed by atoms with Crippen molar-refractivity contribution in [2.24, 2.45) is 5.92 Å². The molecular formula is C6H8ClNS2. The Labute approximate surface area is 74.1 Å². The van der Waals surface area contributed by atoms with E-state index in [4.69, 9.17) is 17.0 Å². The highest BCUT2D eigenvalue weighted by molar-refractivity contribution is 8.13. The van der Waals surface area contributed by atoms with Crippen molar-refractivity contribution in [2.75, 3.05) is 12.0 Å². The quantitative estimate of drug-likeness (QED) is 0.512. The van der Waals surface area contributed by atoms with Crippen LogP contribution in [-0.4, -0.2) is 17.1 Å². The highest BCUT2D eigenvalue weighted by atomic mass is 35.5. The van der Waals surface area contributed by atoms with Crippen LogP contribution in [0, 0.1) is 11.3 Å². The van der Waals surface area contributed by atoms with Crippen LogP contribution in [0.15, 0.2) is 10.4 Å². The molecule has 0 radical (unpaired) electrons. The normalized spacial score (nSPS) is 24.6. The molecule has 0 aliphatic carbocycles. The Morgan fingerprint density at radius 3 is 3.10 bits per heavy atom. The zero-order chi connectivity index (χ0) is 7.56. The maximum absolute atomic E-state index is 7.47. The van der Waals surface area contributed by atoms with Crippen molar-refractivity contribution in [1.29, 1.82) is 5.41 Å². The first-order valence-corrected chi connectivity index (χ1v) is 5.45. The number of thioether (sulfide) groups is 2. The van der Waals surface area contributed by atoms with Crippen LogP contribution in [0.2, 0.25) is 0 Å². The summed E-state index contributed by atoms with van der Waals surface area (Å²) in [5.74, 6) is 1.21. The summed E-state index contributed by atoms with van der Waals surface area (Å²) in [6, 6.07) is 0. The average Bonchev–Trinajstić information content (AvgIpc) is 2.34. The molecule has 1 atom stereocenters. The number of nitrogens with one attached hydrogen (secondary N) is 1. The highest BCUT2D eigenvalue weighted by Crippen LogP contribution is 2.33. The molecule has 0 amide bonds. The fourth-order valence-corrected chi connectivity index (χ4v) is 2.49. The second-order valence-corrected chi connectivity index (χ2v) is 4.50. The van der Waals surface area contributed by atoms with E-state index in [1.165, 1.54) is 11.8 Å². The molecule has 1 N–H and O–H groups in total. The van der Waals surface area contributed by atoms with E-state index in [0.717, 1.165) is 10.1 Å². The van der Waals surface area contributed by atoms with Gasteiger partial charge in [-0.15, -0.1) is 23.5 Å². The van der Waals surface area contributed by atoms with Gasteiger partial charge in [0.25, 0.3) is 0 Å². The summed E-state index contributed by atoms with van der Waals surface area (Å²) in [5.41, 5.74) is 0. The number of allylic oxidation sites excluding steroid dienone is 1. The second-order valence-electron chi connectivity index (χ2n) is 1.96. The Kier molecular flexibility index (Phi) is 3.14. The maximum atomic E-state index is 7.47. The molecule has 0 aromatic rings. The summed E-state index contributed by atoms with van der Waals surface area (Å²) in [7, 11) is 0. The molecule has 1 rings (SSSR count). The minimum absolute atomic E-state index is 0.271. The van der Waals surface area contributed by atoms with E-state index in [9.17, 15) is 0 Å². The predicted molar refractivity (Wildman–Crippen MR) is 51.1 cm³/mol. The van der Waals surface area contributed by atoms with Crippen molar-refractivity contribution in [1.82, 2.24) is 0 Å². The lowest BCUT2D eigenvalue weighted by atomic mass is 10.2. The van der Waals surface area contributed by atoms with Crippen molar-refractivity contribution in [3.63, 3.8) is 0 Å². The van der Waals surface area contributed by atoms with Crippen LogP contribution in [0.3, 0.4) is 0 Å². The highest BCUT2D eigenvalue weighted by Gasteiger charge is 2.18. The van der Waals surface area contributed by atoms with E-state index >= 15 is 0 Å². The van der Waals surface area contributed by atoms with Crippen LogP contribution in [0.25, 0.3) is 0 Å². The lowest BCUT2D eigenvalue weighted by molar-refractivity contribution is 1.04. The molecule has 1 nitrogen and oxygen atoms in total. The van der Waals surface area contributed by atoms with E-state index in [1.54, 1.807) is 11.8 Å². The Balaban J connectivity index is 2.52. The topological polar surface area (TPSA) is 23.9 Å². The zero-order valence-electron chi connectivity index (χ0n) is 5.56. The zero-order valence-corrected chi connectivity index (χ0v) is 7.95. The van der Waals surface area contributed by atoms with Gasteiger partial charge in [0.05, 0.1) is 9.41 Å². The van der Waals surface area contributed by atoms with E-state index < -0.39 is 0 Å². The van der Waals surface area contributed by atoms with Gasteiger partial charge >= 0.3 is 0 Å². The number of rotatable bonds is 1. The van der Waals surface area contributed by atoms with Gasteiger partial charge in [-0.25, -0.2) is 0 Å². The molecular weight excluding hydrogens is 186 g/mol. The third kappa shape index (κ3) is 1.94. The van der Waals surface area contributed by atoms with E-state index in [0.29, 0.717) is 5.04 Å². The summed E-state index contributed by atoms with van der Waals surface area (Å²) in [5, 5.41) is 8.18. The first-order chi connectivity index (χ1) is 4.74. The predicted octanol–water partition coefficient (Wildman–Crippen LogP) is 2.77. The lowest BCUT2D eigenvalue weighted by Gasteiger charge is -2.03. The second kappa shape index (κ2) is 3.69. The molecule has 0 bridgehead atoms. The first kappa shape index (κ1) is 8.50. The van der Waals surface area contributed by atoms with Crippen molar-refractivity contribution >= 4 is 40.2 Å². The molecule has 1 aliphatic heterocycles. The van der Waals surface area contributed by atoms with Crippen molar-refractivity contribution in [3.05, 3.63) is 10.4 Å². The Morgan fingerprint density at radius 2 is 2.70 bits per heavy atom. The summed E-state index contributed by atoms with van der Waals surface area (Å²) >= 11 is 8.84. The van der Waals surface area contributed by atoms with Gasteiger partial charge in [-0.05, 0) is 12.3 Å². The van der Waals surface area contributed by atoms with Crippen LogP contribution in [0.5, 0.6) is 0 Å². The first-order valence-electron chi connectivity index (χ1n) is 2.86. The smallest absolute Gasteiger partial charge is 0.0716 e. The van der Waals surface area contributed by atoms with Crippen LogP contribution >= 0.6 is 35.1 Å². The molecule has 0 aromatic carbocycles.